The Morgan fingerprint density at radius 1 is 1.21 bits per heavy atom. The number of oxazole rings is 1. The van der Waals surface area contributed by atoms with E-state index in [1.54, 1.807) is 13.2 Å². The number of hydrogen-bond donors (Lipinski definition) is 1. The Hall–Kier alpha value is -3.08. The molecule has 3 aromatic rings. The Morgan fingerprint density at radius 2 is 2.04 bits per heavy atom. The van der Waals surface area contributed by atoms with Crippen LogP contribution < -0.4 is 10.1 Å². The summed E-state index contributed by atoms with van der Waals surface area (Å²) in [6.45, 7) is 2.45. The first-order valence-electron chi connectivity index (χ1n) is 7.59. The molecule has 5 heteroatoms. The largest absolute Gasteiger partial charge is 0.497 e. The van der Waals surface area contributed by atoms with Crippen LogP contribution in [0.5, 0.6) is 5.75 Å². The van der Waals surface area contributed by atoms with Gasteiger partial charge in [0.2, 0.25) is 0 Å². The molecule has 2 aromatic carbocycles. The Bertz CT molecular complexity index is 855. The Labute approximate surface area is 140 Å². The fraction of sp³-hybridized carbons (Fsp3) is 0.158. The highest BCUT2D eigenvalue weighted by Crippen LogP contribution is 2.26. The highest BCUT2D eigenvalue weighted by molar-refractivity contribution is 5.97. The van der Waals surface area contributed by atoms with E-state index in [0.29, 0.717) is 18.1 Å². The molecule has 0 bridgehead atoms. The third kappa shape index (κ3) is 3.46. The van der Waals surface area contributed by atoms with Crippen molar-refractivity contribution in [2.75, 3.05) is 7.11 Å². The molecule has 24 heavy (non-hydrogen) atoms. The lowest BCUT2D eigenvalue weighted by atomic mass is 10.1. The fourth-order valence-electron chi connectivity index (χ4n) is 2.47. The molecular formula is C19H18N2O3. The van der Waals surface area contributed by atoms with E-state index in [1.165, 1.54) is 6.39 Å². The van der Waals surface area contributed by atoms with Crippen molar-refractivity contribution < 1.29 is 13.9 Å². The van der Waals surface area contributed by atoms with Gasteiger partial charge in [-0.25, -0.2) is 4.98 Å². The number of rotatable bonds is 5. The molecule has 0 aliphatic heterocycles. The molecule has 5 nitrogen and oxygen atoms in total. The molecule has 0 saturated heterocycles. The number of hydrogen-bond acceptors (Lipinski definition) is 4. The first-order valence-corrected chi connectivity index (χ1v) is 7.59. The molecule has 1 N–H and O–H groups in total. The van der Waals surface area contributed by atoms with Gasteiger partial charge in [0.1, 0.15) is 5.75 Å². The Kier molecular flexibility index (Phi) is 4.61. The number of benzene rings is 2. The van der Waals surface area contributed by atoms with E-state index in [2.05, 4.69) is 10.3 Å². The topological polar surface area (TPSA) is 64.4 Å². The van der Waals surface area contributed by atoms with Crippen molar-refractivity contribution in [1.29, 1.82) is 0 Å². The maximum Gasteiger partial charge on any atom is 0.274 e. The summed E-state index contributed by atoms with van der Waals surface area (Å²) in [5.74, 6) is 0.841. The second-order valence-electron chi connectivity index (χ2n) is 5.43. The average molecular weight is 322 g/mol. The molecule has 0 spiro atoms. The van der Waals surface area contributed by atoms with Gasteiger partial charge in [0, 0.05) is 12.1 Å². The predicted octanol–water partition coefficient (Wildman–Crippen LogP) is 3.59. The summed E-state index contributed by atoms with van der Waals surface area (Å²) in [6, 6.07) is 15.3. The number of ether oxygens (including phenoxy) is 1. The zero-order chi connectivity index (χ0) is 16.9. The van der Waals surface area contributed by atoms with Gasteiger partial charge >= 0.3 is 0 Å². The summed E-state index contributed by atoms with van der Waals surface area (Å²) >= 11 is 0. The smallest absolute Gasteiger partial charge is 0.274 e. The SMILES string of the molecule is COc1cccc(-c2ocnc2C(=O)NCc2cccc(C)c2)c1. The monoisotopic (exact) mass is 322 g/mol. The quantitative estimate of drug-likeness (QED) is 0.779. The number of carbonyl (C=O) groups is 1. The van der Waals surface area contributed by atoms with Gasteiger partial charge in [-0.05, 0) is 24.6 Å². The summed E-state index contributed by atoms with van der Waals surface area (Å²) in [5, 5.41) is 2.87. The second kappa shape index (κ2) is 7.00. The third-order valence-electron chi connectivity index (χ3n) is 3.65. The first kappa shape index (κ1) is 15.8. The van der Waals surface area contributed by atoms with Gasteiger partial charge in [-0.3, -0.25) is 4.79 Å². The van der Waals surface area contributed by atoms with Gasteiger partial charge in [-0.2, -0.15) is 0 Å². The molecule has 1 amide bonds. The number of aryl methyl sites for hydroxylation is 1. The minimum absolute atomic E-state index is 0.260. The molecule has 0 atom stereocenters. The minimum atomic E-state index is -0.275. The average Bonchev–Trinajstić information content (AvgIpc) is 3.09. The van der Waals surface area contributed by atoms with Crippen LogP contribution in [0.2, 0.25) is 0 Å². The van der Waals surface area contributed by atoms with Gasteiger partial charge in [0.25, 0.3) is 5.91 Å². The van der Waals surface area contributed by atoms with Gasteiger partial charge in [0.15, 0.2) is 17.8 Å². The van der Waals surface area contributed by atoms with Crippen molar-refractivity contribution in [1.82, 2.24) is 10.3 Å². The van der Waals surface area contributed by atoms with Crippen LogP contribution >= 0.6 is 0 Å². The normalized spacial score (nSPS) is 10.4. The minimum Gasteiger partial charge on any atom is -0.497 e. The Balaban J connectivity index is 1.78. The van der Waals surface area contributed by atoms with Crippen LogP contribution in [0.15, 0.2) is 59.3 Å². The van der Waals surface area contributed by atoms with E-state index < -0.39 is 0 Å². The number of aromatic nitrogens is 1. The van der Waals surface area contributed by atoms with Crippen LogP contribution in [-0.4, -0.2) is 18.0 Å². The lowest BCUT2D eigenvalue weighted by Crippen LogP contribution is -2.23. The van der Waals surface area contributed by atoms with E-state index in [-0.39, 0.29) is 11.6 Å². The predicted molar refractivity (Wildman–Crippen MR) is 90.8 cm³/mol. The van der Waals surface area contributed by atoms with E-state index in [1.807, 2.05) is 49.4 Å². The van der Waals surface area contributed by atoms with Crippen molar-refractivity contribution >= 4 is 5.91 Å². The maximum absolute atomic E-state index is 12.4. The molecule has 0 saturated carbocycles. The molecule has 0 radical (unpaired) electrons. The zero-order valence-electron chi connectivity index (χ0n) is 13.6. The molecule has 0 aliphatic rings. The van der Waals surface area contributed by atoms with E-state index >= 15 is 0 Å². The van der Waals surface area contributed by atoms with Crippen LogP contribution in [0.3, 0.4) is 0 Å². The van der Waals surface area contributed by atoms with E-state index in [9.17, 15) is 4.79 Å². The summed E-state index contributed by atoms with van der Waals surface area (Å²) in [6.07, 6.45) is 1.27. The molecule has 1 aromatic heterocycles. The lowest BCUT2D eigenvalue weighted by molar-refractivity contribution is 0.0946. The summed E-state index contributed by atoms with van der Waals surface area (Å²) in [5.41, 5.74) is 3.19. The van der Waals surface area contributed by atoms with Gasteiger partial charge in [-0.15, -0.1) is 0 Å². The lowest BCUT2D eigenvalue weighted by Gasteiger charge is -2.06. The fourth-order valence-corrected chi connectivity index (χ4v) is 2.47. The summed E-state index contributed by atoms with van der Waals surface area (Å²) in [4.78, 5) is 16.5. The maximum atomic E-state index is 12.4. The number of carbonyl (C=O) groups excluding carboxylic acids is 1. The van der Waals surface area contributed by atoms with Crippen LogP contribution in [0.25, 0.3) is 11.3 Å². The molecular weight excluding hydrogens is 304 g/mol. The van der Waals surface area contributed by atoms with Crippen molar-refractivity contribution in [3.8, 4) is 17.1 Å². The van der Waals surface area contributed by atoms with Crippen LogP contribution in [-0.2, 0) is 6.54 Å². The highest BCUT2D eigenvalue weighted by atomic mass is 16.5. The Morgan fingerprint density at radius 3 is 2.83 bits per heavy atom. The van der Waals surface area contributed by atoms with E-state index in [0.717, 1.165) is 16.7 Å². The van der Waals surface area contributed by atoms with Gasteiger partial charge in [0.05, 0.1) is 7.11 Å². The summed E-state index contributed by atoms with van der Waals surface area (Å²) < 4.78 is 10.6. The van der Waals surface area contributed by atoms with Gasteiger partial charge < -0.3 is 14.5 Å². The van der Waals surface area contributed by atoms with Crippen molar-refractivity contribution in [2.24, 2.45) is 0 Å². The molecule has 1 heterocycles. The van der Waals surface area contributed by atoms with Crippen molar-refractivity contribution in [3.05, 3.63) is 71.7 Å². The zero-order valence-corrected chi connectivity index (χ0v) is 13.6. The molecule has 0 aliphatic carbocycles. The number of nitrogens with one attached hydrogen (secondary N) is 1. The molecule has 3 rings (SSSR count). The van der Waals surface area contributed by atoms with Crippen LogP contribution in [0.1, 0.15) is 21.6 Å². The standard InChI is InChI=1S/C19H18N2O3/c1-13-5-3-6-14(9-13)11-20-19(22)17-18(24-12-21-17)15-7-4-8-16(10-15)23-2/h3-10,12H,11H2,1-2H3,(H,20,22). The van der Waals surface area contributed by atoms with Crippen molar-refractivity contribution in [2.45, 2.75) is 13.5 Å². The highest BCUT2D eigenvalue weighted by Gasteiger charge is 2.18. The van der Waals surface area contributed by atoms with Crippen LogP contribution in [0.4, 0.5) is 0 Å². The summed E-state index contributed by atoms with van der Waals surface area (Å²) in [7, 11) is 1.59. The van der Waals surface area contributed by atoms with Crippen molar-refractivity contribution in [3.63, 3.8) is 0 Å². The number of methoxy groups -OCH3 is 1. The van der Waals surface area contributed by atoms with Gasteiger partial charge in [-0.1, -0.05) is 42.0 Å². The number of nitrogens with zero attached hydrogens (tertiary/aromatic N) is 1. The third-order valence-corrected chi connectivity index (χ3v) is 3.65. The van der Waals surface area contributed by atoms with E-state index in [4.69, 9.17) is 9.15 Å². The first-order chi connectivity index (χ1) is 11.7. The second-order valence-corrected chi connectivity index (χ2v) is 5.43. The molecule has 122 valence electrons. The molecule has 0 fully saturated rings. The number of amides is 1. The molecule has 0 unspecified atom stereocenters. The van der Waals surface area contributed by atoms with Crippen LogP contribution in [0, 0.1) is 6.92 Å².